The van der Waals surface area contributed by atoms with Gasteiger partial charge in [0.05, 0.1) is 19.4 Å². The number of aromatic nitrogens is 1. The fraction of sp³-hybridized carbons (Fsp3) is 0.500. The molecule has 0 unspecified atom stereocenters. The van der Waals surface area contributed by atoms with E-state index in [2.05, 4.69) is 14.5 Å². The van der Waals surface area contributed by atoms with Gasteiger partial charge in [-0.3, -0.25) is 0 Å². The van der Waals surface area contributed by atoms with Gasteiger partial charge in [-0.2, -0.15) is 26.3 Å². The number of hydrogen-bond donors (Lipinski definition) is 1. The number of methoxy groups -OCH3 is 1. The van der Waals surface area contributed by atoms with E-state index in [1.165, 1.54) is 12.2 Å². The van der Waals surface area contributed by atoms with Crippen molar-refractivity contribution in [2.24, 2.45) is 0 Å². The van der Waals surface area contributed by atoms with Crippen LogP contribution in [0, 0.1) is 0 Å². The lowest BCUT2D eigenvalue weighted by Gasteiger charge is -2.21. The number of ether oxygens (including phenoxy) is 2. The Morgan fingerprint density at radius 3 is 2.04 bits per heavy atom. The Kier molecular flexibility index (Phi) is 7.15. The van der Waals surface area contributed by atoms with Gasteiger partial charge in [-0.05, 0) is 6.92 Å². The van der Waals surface area contributed by atoms with E-state index in [4.69, 9.17) is 0 Å². The van der Waals surface area contributed by atoms with Crippen molar-refractivity contribution >= 4 is 17.6 Å². The monoisotopic (exact) mass is 424 g/mol. The lowest BCUT2D eigenvalue weighted by molar-refractivity contribution is -0.142. The lowest BCUT2D eigenvalue weighted by Crippen LogP contribution is -2.28. The van der Waals surface area contributed by atoms with Gasteiger partial charge in [0.1, 0.15) is 23.4 Å². The summed E-state index contributed by atoms with van der Waals surface area (Å²) >= 11 is 0. The Bertz CT molecular complexity index is 746. The first-order chi connectivity index (χ1) is 12.7. The Morgan fingerprint density at radius 1 is 1.07 bits per heavy atom. The van der Waals surface area contributed by atoms with Crippen LogP contribution in [0.1, 0.15) is 45.5 Å². The van der Waals surface area contributed by atoms with Crippen LogP contribution in [0.4, 0.5) is 40.8 Å². The summed E-state index contributed by atoms with van der Waals surface area (Å²) in [6.45, 7) is -1.37. The van der Waals surface area contributed by atoms with Crippen LogP contribution in [0.2, 0.25) is 0 Å². The van der Waals surface area contributed by atoms with Gasteiger partial charge >= 0.3 is 24.3 Å². The minimum atomic E-state index is -5.53. The number of esters is 2. The highest BCUT2D eigenvalue weighted by molar-refractivity contribution is 6.06. The highest BCUT2D eigenvalue weighted by atomic mass is 19.4. The van der Waals surface area contributed by atoms with Gasteiger partial charge in [0, 0.05) is 0 Å². The summed E-state index contributed by atoms with van der Waals surface area (Å²) in [6.07, 6.45) is -14.4. The number of carbonyl (C=O) groups is 2. The molecule has 1 rings (SSSR count). The topological polar surface area (TPSA) is 77.5 Å². The van der Waals surface area contributed by atoms with Crippen LogP contribution in [0.3, 0.4) is 0 Å². The molecule has 0 aliphatic rings. The summed E-state index contributed by atoms with van der Waals surface area (Å²) < 4.78 is 112. The molecule has 6 nitrogen and oxygen atoms in total. The Labute approximate surface area is 151 Å². The maximum Gasteiger partial charge on any atom is 0.434 e. The molecule has 1 aromatic rings. The molecule has 0 amide bonds. The average molecular weight is 424 g/mol. The second-order valence-corrected chi connectivity index (χ2v) is 4.95. The highest BCUT2D eigenvalue weighted by Gasteiger charge is 2.44. The first-order valence-corrected chi connectivity index (χ1v) is 7.23. The molecule has 0 aromatic carbocycles. The zero-order valence-corrected chi connectivity index (χ0v) is 14.1. The number of nitrogens with zero attached hydrogens (tertiary/aromatic N) is 1. The van der Waals surface area contributed by atoms with Crippen LogP contribution in [-0.4, -0.2) is 43.4 Å². The molecule has 0 bridgehead atoms. The second-order valence-electron chi connectivity index (χ2n) is 4.95. The Morgan fingerprint density at radius 2 is 1.64 bits per heavy atom. The maximum atomic E-state index is 13.3. The molecule has 0 fully saturated rings. The van der Waals surface area contributed by atoms with Gasteiger partial charge in [0.15, 0.2) is 5.69 Å². The predicted octanol–water partition coefficient (Wildman–Crippen LogP) is 3.98. The van der Waals surface area contributed by atoms with Crippen LogP contribution in [0.5, 0.6) is 0 Å². The predicted molar refractivity (Wildman–Crippen MR) is 76.0 cm³/mol. The minimum Gasteiger partial charge on any atom is -0.465 e. The average Bonchev–Trinajstić information content (AvgIpc) is 2.56. The van der Waals surface area contributed by atoms with E-state index in [0.29, 0.717) is 7.11 Å². The lowest BCUT2D eigenvalue weighted by atomic mass is 10.0. The second kappa shape index (κ2) is 8.56. The summed E-state index contributed by atoms with van der Waals surface area (Å²) in [6, 6.07) is 0. The summed E-state index contributed by atoms with van der Waals surface area (Å²) in [7, 11) is 0.646. The third-order valence-electron chi connectivity index (χ3n) is 3.04. The molecule has 0 radical (unpaired) electrons. The summed E-state index contributed by atoms with van der Waals surface area (Å²) in [5.41, 5.74) is -8.61. The smallest absolute Gasteiger partial charge is 0.434 e. The summed E-state index contributed by atoms with van der Waals surface area (Å²) in [5, 5.41) is 1.38. The number of rotatable bonds is 6. The van der Waals surface area contributed by atoms with Crippen molar-refractivity contribution in [3.63, 3.8) is 0 Å². The van der Waals surface area contributed by atoms with Crippen LogP contribution >= 0.6 is 0 Å². The molecular formula is C14H12F8N2O4. The van der Waals surface area contributed by atoms with Gasteiger partial charge < -0.3 is 14.8 Å². The third kappa shape index (κ3) is 5.42. The quantitative estimate of drug-likeness (QED) is 0.550. The van der Waals surface area contributed by atoms with E-state index in [-0.39, 0.29) is 0 Å². The standard InChI is InChI=1S/C14H12F8N2O4/c1-3-28-12(26)6-7(23-4-13(17,18)19)5(11(25)27-2)8(10(15)16)24-9(6)14(20,21)22/h10H,3-4H2,1-2H3,(H,23,24). The maximum absolute atomic E-state index is 13.3. The van der Waals surface area contributed by atoms with E-state index in [1.807, 2.05) is 0 Å². The van der Waals surface area contributed by atoms with E-state index in [1.54, 1.807) is 0 Å². The molecule has 0 aliphatic heterocycles. The van der Waals surface area contributed by atoms with Gasteiger partial charge in [-0.25, -0.2) is 23.4 Å². The normalized spacial score (nSPS) is 12.1. The Balaban J connectivity index is 3.99. The summed E-state index contributed by atoms with van der Waals surface area (Å²) in [4.78, 5) is 26.4. The molecule has 0 atom stereocenters. The van der Waals surface area contributed by atoms with E-state index >= 15 is 0 Å². The van der Waals surface area contributed by atoms with Gasteiger partial charge in [-0.15, -0.1) is 0 Å². The van der Waals surface area contributed by atoms with Crippen molar-refractivity contribution in [2.45, 2.75) is 25.7 Å². The van der Waals surface area contributed by atoms with Crippen LogP contribution in [0.25, 0.3) is 0 Å². The van der Waals surface area contributed by atoms with Crippen molar-refractivity contribution in [1.29, 1.82) is 0 Å². The van der Waals surface area contributed by atoms with E-state index in [0.717, 1.165) is 0 Å². The molecule has 0 saturated heterocycles. The molecule has 14 heteroatoms. The van der Waals surface area contributed by atoms with Crippen molar-refractivity contribution in [3.8, 4) is 0 Å². The highest BCUT2D eigenvalue weighted by Crippen LogP contribution is 2.40. The molecule has 1 N–H and O–H groups in total. The molecular weight excluding hydrogens is 412 g/mol. The molecule has 1 heterocycles. The molecule has 0 aliphatic carbocycles. The van der Waals surface area contributed by atoms with Crippen molar-refractivity contribution in [3.05, 3.63) is 22.5 Å². The van der Waals surface area contributed by atoms with Gasteiger partial charge in [0.25, 0.3) is 6.43 Å². The van der Waals surface area contributed by atoms with Crippen LogP contribution < -0.4 is 5.32 Å². The fourth-order valence-electron chi connectivity index (χ4n) is 2.04. The first-order valence-electron chi connectivity index (χ1n) is 7.23. The SMILES string of the molecule is CCOC(=O)c1c(C(F)(F)F)nc(C(F)F)c(C(=O)OC)c1NCC(F)(F)F. The minimum absolute atomic E-state index is 0.501. The number of hydrogen-bond acceptors (Lipinski definition) is 6. The number of anilines is 1. The number of pyridine rings is 1. The van der Waals surface area contributed by atoms with Crippen LogP contribution in [0.15, 0.2) is 0 Å². The van der Waals surface area contributed by atoms with E-state index < -0.39 is 72.1 Å². The number of carbonyl (C=O) groups excluding carboxylic acids is 2. The van der Waals surface area contributed by atoms with E-state index in [9.17, 15) is 44.7 Å². The molecule has 28 heavy (non-hydrogen) atoms. The van der Waals surface area contributed by atoms with Crippen molar-refractivity contribution in [2.75, 3.05) is 25.6 Å². The number of halogens is 8. The third-order valence-corrected chi connectivity index (χ3v) is 3.04. The molecule has 1 aromatic heterocycles. The fourth-order valence-corrected chi connectivity index (χ4v) is 2.04. The summed E-state index contributed by atoms with van der Waals surface area (Å²) in [5.74, 6) is -3.55. The Hall–Kier alpha value is -2.67. The van der Waals surface area contributed by atoms with Gasteiger partial charge in [-0.1, -0.05) is 0 Å². The zero-order valence-electron chi connectivity index (χ0n) is 14.1. The molecule has 0 saturated carbocycles. The van der Waals surface area contributed by atoms with Gasteiger partial charge in [0.2, 0.25) is 0 Å². The van der Waals surface area contributed by atoms with Crippen LogP contribution in [-0.2, 0) is 15.7 Å². The zero-order chi connectivity index (χ0) is 21.9. The number of alkyl halides is 8. The van der Waals surface area contributed by atoms with Crippen molar-refractivity contribution in [1.82, 2.24) is 4.98 Å². The number of nitrogens with one attached hydrogen (secondary N) is 1. The van der Waals surface area contributed by atoms with Crippen molar-refractivity contribution < 1.29 is 54.2 Å². The largest absolute Gasteiger partial charge is 0.465 e. The molecule has 0 spiro atoms. The molecule has 158 valence electrons. The first kappa shape index (κ1) is 23.4.